The van der Waals surface area contributed by atoms with Crippen molar-refractivity contribution >= 4 is 17.2 Å². The van der Waals surface area contributed by atoms with Crippen LogP contribution in [0.4, 0.5) is 0 Å². The SMILES string of the molecule is CCc1c(C)sc2c1CCN(CC(=O)NC1CC1)[C@@H]2c1ccccc1. The Morgan fingerprint density at radius 3 is 2.72 bits per heavy atom. The summed E-state index contributed by atoms with van der Waals surface area (Å²) in [5.74, 6) is 0.177. The van der Waals surface area contributed by atoms with E-state index in [1.165, 1.54) is 26.4 Å². The second-order valence-corrected chi connectivity index (χ2v) is 8.46. The molecule has 1 aliphatic heterocycles. The van der Waals surface area contributed by atoms with E-state index in [4.69, 9.17) is 0 Å². The number of amides is 1. The number of hydrogen-bond donors (Lipinski definition) is 1. The van der Waals surface area contributed by atoms with E-state index in [2.05, 4.69) is 54.4 Å². The summed E-state index contributed by atoms with van der Waals surface area (Å²) in [5, 5.41) is 3.15. The summed E-state index contributed by atoms with van der Waals surface area (Å²) in [4.78, 5) is 17.7. The molecule has 4 rings (SSSR count). The maximum Gasteiger partial charge on any atom is 0.234 e. The predicted octanol–water partition coefficient (Wildman–Crippen LogP) is 3.85. The van der Waals surface area contributed by atoms with Gasteiger partial charge in [0.15, 0.2) is 0 Å². The molecule has 0 spiro atoms. The van der Waals surface area contributed by atoms with Gasteiger partial charge in [-0.2, -0.15) is 0 Å². The number of carbonyl (C=O) groups excluding carboxylic acids is 1. The second kappa shape index (κ2) is 6.93. The third-order valence-corrected chi connectivity index (χ3v) is 6.61. The maximum absolute atomic E-state index is 12.4. The summed E-state index contributed by atoms with van der Waals surface area (Å²) in [6, 6.07) is 11.3. The molecule has 1 saturated carbocycles. The highest BCUT2D eigenvalue weighted by Crippen LogP contribution is 2.42. The summed E-state index contributed by atoms with van der Waals surface area (Å²) in [6.07, 6.45) is 4.44. The van der Waals surface area contributed by atoms with Crippen molar-refractivity contribution in [3.05, 3.63) is 56.8 Å². The molecule has 132 valence electrons. The minimum atomic E-state index is 0.177. The van der Waals surface area contributed by atoms with Crippen LogP contribution in [0, 0.1) is 6.92 Å². The lowest BCUT2D eigenvalue weighted by atomic mass is 9.92. The first-order chi connectivity index (χ1) is 12.2. The molecule has 4 heteroatoms. The van der Waals surface area contributed by atoms with Crippen molar-refractivity contribution in [2.75, 3.05) is 13.1 Å². The highest BCUT2D eigenvalue weighted by molar-refractivity contribution is 7.12. The van der Waals surface area contributed by atoms with E-state index >= 15 is 0 Å². The Balaban J connectivity index is 1.67. The monoisotopic (exact) mass is 354 g/mol. The van der Waals surface area contributed by atoms with Gasteiger partial charge in [0.25, 0.3) is 0 Å². The van der Waals surface area contributed by atoms with Crippen LogP contribution < -0.4 is 5.32 Å². The van der Waals surface area contributed by atoms with Crippen LogP contribution in [0.2, 0.25) is 0 Å². The van der Waals surface area contributed by atoms with E-state index in [1.807, 2.05) is 11.3 Å². The molecular formula is C21H26N2OS. The fraction of sp³-hybridized carbons (Fsp3) is 0.476. The quantitative estimate of drug-likeness (QED) is 0.885. The van der Waals surface area contributed by atoms with Crippen molar-refractivity contribution in [2.45, 2.75) is 51.6 Å². The molecule has 1 amide bonds. The zero-order valence-electron chi connectivity index (χ0n) is 15.0. The number of carbonyl (C=O) groups is 1. The molecule has 1 aliphatic carbocycles. The van der Waals surface area contributed by atoms with E-state index in [1.54, 1.807) is 0 Å². The first kappa shape index (κ1) is 16.8. The Kier molecular flexibility index (Phi) is 4.65. The molecule has 25 heavy (non-hydrogen) atoms. The number of fused-ring (bicyclic) bond motifs is 1. The van der Waals surface area contributed by atoms with Crippen LogP contribution in [0.1, 0.15) is 52.3 Å². The van der Waals surface area contributed by atoms with Crippen molar-refractivity contribution in [3.8, 4) is 0 Å². The minimum Gasteiger partial charge on any atom is -0.352 e. The molecule has 1 aromatic heterocycles. The van der Waals surface area contributed by atoms with E-state index in [0.717, 1.165) is 32.2 Å². The summed E-state index contributed by atoms with van der Waals surface area (Å²) in [7, 11) is 0. The van der Waals surface area contributed by atoms with Gasteiger partial charge in [-0.25, -0.2) is 0 Å². The van der Waals surface area contributed by atoms with E-state index in [9.17, 15) is 4.79 Å². The number of benzene rings is 1. The van der Waals surface area contributed by atoms with Crippen LogP contribution in [0.3, 0.4) is 0 Å². The molecule has 3 nitrogen and oxygen atoms in total. The van der Waals surface area contributed by atoms with Gasteiger partial charge < -0.3 is 5.32 Å². The smallest absolute Gasteiger partial charge is 0.234 e. The van der Waals surface area contributed by atoms with Crippen LogP contribution >= 0.6 is 11.3 Å². The maximum atomic E-state index is 12.4. The molecule has 2 aromatic rings. The molecular weight excluding hydrogens is 328 g/mol. The van der Waals surface area contributed by atoms with Gasteiger partial charge in [0.2, 0.25) is 5.91 Å². The Labute approximate surface area is 154 Å². The number of thiophene rings is 1. The third kappa shape index (κ3) is 3.38. The summed E-state index contributed by atoms with van der Waals surface area (Å²) >= 11 is 1.93. The summed E-state index contributed by atoms with van der Waals surface area (Å²) < 4.78 is 0. The first-order valence-electron chi connectivity index (χ1n) is 9.36. The van der Waals surface area contributed by atoms with Crippen LogP contribution in [-0.2, 0) is 17.6 Å². The zero-order valence-corrected chi connectivity index (χ0v) is 15.9. The lowest BCUT2D eigenvalue weighted by molar-refractivity contribution is -0.122. The normalized spacial score (nSPS) is 20.3. The minimum absolute atomic E-state index is 0.177. The molecule has 1 aromatic carbocycles. The highest BCUT2D eigenvalue weighted by atomic mass is 32.1. The van der Waals surface area contributed by atoms with Crippen LogP contribution in [0.15, 0.2) is 30.3 Å². The lowest BCUT2D eigenvalue weighted by Gasteiger charge is -2.36. The number of aryl methyl sites for hydroxylation is 1. The van der Waals surface area contributed by atoms with Crippen LogP contribution in [0.5, 0.6) is 0 Å². The largest absolute Gasteiger partial charge is 0.352 e. The number of rotatable bonds is 5. The predicted molar refractivity (Wildman–Crippen MR) is 103 cm³/mol. The molecule has 0 radical (unpaired) electrons. The van der Waals surface area contributed by atoms with E-state index in [-0.39, 0.29) is 11.9 Å². The Bertz CT molecular complexity index is 764. The Morgan fingerprint density at radius 1 is 1.28 bits per heavy atom. The van der Waals surface area contributed by atoms with E-state index < -0.39 is 0 Å². The number of hydrogen-bond acceptors (Lipinski definition) is 3. The van der Waals surface area contributed by atoms with Gasteiger partial charge in [0, 0.05) is 22.3 Å². The summed E-state index contributed by atoms with van der Waals surface area (Å²) in [6.45, 7) is 5.94. The van der Waals surface area contributed by atoms with Crippen molar-refractivity contribution in [3.63, 3.8) is 0 Å². The molecule has 1 N–H and O–H groups in total. The molecule has 0 saturated heterocycles. The fourth-order valence-electron chi connectivity index (χ4n) is 4.01. The highest BCUT2D eigenvalue weighted by Gasteiger charge is 2.34. The second-order valence-electron chi connectivity index (χ2n) is 7.21. The van der Waals surface area contributed by atoms with Gasteiger partial charge in [-0.3, -0.25) is 9.69 Å². The molecule has 2 aliphatic rings. The van der Waals surface area contributed by atoms with Gasteiger partial charge >= 0.3 is 0 Å². The summed E-state index contributed by atoms with van der Waals surface area (Å²) in [5.41, 5.74) is 4.37. The number of nitrogens with one attached hydrogen (secondary N) is 1. The fourth-order valence-corrected chi connectivity index (χ4v) is 5.48. The molecule has 1 atom stereocenters. The lowest BCUT2D eigenvalue weighted by Crippen LogP contribution is -2.43. The average Bonchev–Trinajstić information content (AvgIpc) is 3.35. The number of nitrogens with zero attached hydrogens (tertiary/aromatic N) is 1. The van der Waals surface area contributed by atoms with Crippen molar-refractivity contribution in [2.24, 2.45) is 0 Å². The first-order valence-corrected chi connectivity index (χ1v) is 10.2. The molecule has 1 fully saturated rings. The molecule has 2 heterocycles. The zero-order chi connectivity index (χ0) is 17.4. The van der Waals surface area contributed by atoms with Gasteiger partial charge in [0.1, 0.15) is 0 Å². The van der Waals surface area contributed by atoms with E-state index in [0.29, 0.717) is 12.6 Å². The van der Waals surface area contributed by atoms with Crippen molar-refractivity contribution in [1.29, 1.82) is 0 Å². The molecule has 0 bridgehead atoms. The van der Waals surface area contributed by atoms with Gasteiger partial charge in [0.05, 0.1) is 12.6 Å². The van der Waals surface area contributed by atoms with Crippen LogP contribution in [0.25, 0.3) is 0 Å². The van der Waals surface area contributed by atoms with Gasteiger partial charge in [-0.15, -0.1) is 11.3 Å². The van der Waals surface area contributed by atoms with Crippen molar-refractivity contribution < 1.29 is 4.79 Å². The Morgan fingerprint density at radius 2 is 2.04 bits per heavy atom. The van der Waals surface area contributed by atoms with Gasteiger partial charge in [-0.05, 0) is 49.3 Å². The topological polar surface area (TPSA) is 32.3 Å². The van der Waals surface area contributed by atoms with Crippen molar-refractivity contribution in [1.82, 2.24) is 10.2 Å². The third-order valence-electron chi connectivity index (χ3n) is 5.37. The Hall–Kier alpha value is -1.65. The average molecular weight is 355 g/mol. The van der Waals surface area contributed by atoms with Gasteiger partial charge in [-0.1, -0.05) is 37.3 Å². The standard InChI is InChI=1S/C21H26N2OS/c1-3-17-14(2)25-21-18(17)11-12-23(13-19(24)22-16-9-10-16)20(21)15-7-5-4-6-8-15/h4-8,16,20H,3,9-13H2,1-2H3,(H,22,24)/t20-/m1/s1. The van der Waals surface area contributed by atoms with Crippen LogP contribution in [-0.4, -0.2) is 29.9 Å². The molecule has 0 unspecified atom stereocenters.